The van der Waals surface area contributed by atoms with Crippen LogP contribution in [0.3, 0.4) is 0 Å². The predicted molar refractivity (Wildman–Crippen MR) is 106 cm³/mol. The molecule has 0 amide bonds. The van der Waals surface area contributed by atoms with Gasteiger partial charge < -0.3 is 18.9 Å². The first-order chi connectivity index (χ1) is 13.1. The number of benzene rings is 2. The van der Waals surface area contributed by atoms with E-state index in [-0.39, 0.29) is 0 Å². The zero-order chi connectivity index (χ0) is 19.0. The summed E-state index contributed by atoms with van der Waals surface area (Å²) in [5.74, 6) is 4.59. The van der Waals surface area contributed by atoms with Crippen LogP contribution in [0.15, 0.2) is 24.3 Å². The lowest BCUT2D eigenvalue weighted by atomic mass is 9.90. The van der Waals surface area contributed by atoms with Crippen molar-refractivity contribution in [2.45, 2.75) is 32.1 Å². The lowest BCUT2D eigenvalue weighted by Gasteiger charge is -2.19. The van der Waals surface area contributed by atoms with Gasteiger partial charge in [-0.25, -0.2) is 0 Å². The first-order valence-electron chi connectivity index (χ1n) is 9.62. The van der Waals surface area contributed by atoms with Gasteiger partial charge in [0.05, 0.1) is 28.4 Å². The minimum Gasteiger partial charge on any atom is -0.493 e. The quantitative estimate of drug-likeness (QED) is 0.809. The fraction of sp³-hybridized carbons (Fsp3) is 0.478. The maximum Gasteiger partial charge on any atom is 0.161 e. The van der Waals surface area contributed by atoms with Crippen molar-refractivity contribution in [2.24, 2.45) is 11.8 Å². The minimum atomic E-state index is 0.633. The Balaban J connectivity index is 1.71. The average Bonchev–Trinajstić information content (AvgIpc) is 2.95. The normalized spacial score (nSPS) is 20.6. The van der Waals surface area contributed by atoms with Crippen molar-refractivity contribution < 1.29 is 18.9 Å². The first-order valence-corrected chi connectivity index (χ1v) is 9.62. The van der Waals surface area contributed by atoms with Crippen LogP contribution >= 0.6 is 0 Å². The Hall–Kier alpha value is -2.36. The molecule has 0 radical (unpaired) electrons. The van der Waals surface area contributed by atoms with Gasteiger partial charge >= 0.3 is 0 Å². The second-order valence-electron chi connectivity index (χ2n) is 7.74. The fourth-order valence-corrected chi connectivity index (χ4v) is 4.88. The summed E-state index contributed by atoms with van der Waals surface area (Å²) in [7, 11) is 6.83. The van der Waals surface area contributed by atoms with Crippen molar-refractivity contribution in [3.8, 4) is 23.0 Å². The van der Waals surface area contributed by atoms with E-state index in [0.717, 1.165) is 48.7 Å². The SMILES string of the molecule is COc1cc2c(cc1OC)CC1Cc3cc(OC)c(OC)cc3CC(C2)C1. The molecule has 0 unspecified atom stereocenters. The van der Waals surface area contributed by atoms with Crippen LogP contribution in [0, 0.1) is 11.8 Å². The zero-order valence-electron chi connectivity index (χ0n) is 16.6. The molecule has 0 heterocycles. The lowest BCUT2D eigenvalue weighted by Crippen LogP contribution is -2.09. The van der Waals surface area contributed by atoms with Crippen LogP contribution < -0.4 is 18.9 Å². The molecule has 4 rings (SSSR count). The standard InChI is InChI=1S/C23H28O4/c1-24-20-10-16-6-14-5-15(7-17(16)11-21(20)25-2)9-19-13-23(27-4)22(26-3)12-18(19)8-14/h10-15H,5-9H2,1-4H3. The van der Waals surface area contributed by atoms with Crippen LogP contribution in [-0.4, -0.2) is 28.4 Å². The third kappa shape index (κ3) is 3.33. The third-order valence-corrected chi connectivity index (χ3v) is 6.11. The van der Waals surface area contributed by atoms with E-state index in [1.807, 2.05) is 0 Å². The molecule has 0 saturated heterocycles. The van der Waals surface area contributed by atoms with Crippen LogP contribution in [-0.2, 0) is 25.7 Å². The molecule has 2 aliphatic rings. The molecule has 0 atom stereocenters. The highest BCUT2D eigenvalue weighted by Gasteiger charge is 2.30. The summed E-state index contributed by atoms with van der Waals surface area (Å²) in [4.78, 5) is 0. The molecule has 0 aromatic heterocycles. The van der Waals surface area contributed by atoms with Crippen molar-refractivity contribution in [1.29, 1.82) is 0 Å². The molecular weight excluding hydrogens is 340 g/mol. The summed E-state index contributed by atoms with van der Waals surface area (Å²) in [6.45, 7) is 0. The summed E-state index contributed by atoms with van der Waals surface area (Å²) in [5, 5.41) is 0. The minimum absolute atomic E-state index is 0.633. The molecule has 4 heteroatoms. The van der Waals surface area contributed by atoms with Crippen molar-refractivity contribution >= 4 is 0 Å². The van der Waals surface area contributed by atoms with Crippen molar-refractivity contribution in [3.05, 3.63) is 46.5 Å². The topological polar surface area (TPSA) is 36.9 Å². The lowest BCUT2D eigenvalue weighted by molar-refractivity contribution is 0.353. The van der Waals surface area contributed by atoms with Gasteiger partial charge in [0.2, 0.25) is 0 Å². The largest absolute Gasteiger partial charge is 0.493 e. The molecular formula is C23H28O4. The van der Waals surface area contributed by atoms with Gasteiger partial charge in [0.15, 0.2) is 23.0 Å². The number of ether oxygens (including phenoxy) is 4. The van der Waals surface area contributed by atoms with Gasteiger partial charge in [-0.2, -0.15) is 0 Å². The van der Waals surface area contributed by atoms with Gasteiger partial charge in [0.1, 0.15) is 0 Å². The third-order valence-electron chi connectivity index (χ3n) is 6.11. The Labute approximate surface area is 161 Å². The van der Waals surface area contributed by atoms with E-state index in [4.69, 9.17) is 18.9 Å². The average molecular weight is 368 g/mol. The van der Waals surface area contributed by atoms with Gasteiger partial charge in [-0.3, -0.25) is 0 Å². The molecule has 4 nitrogen and oxygen atoms in total. The Morgan fingerprint density at radius 3 is 1.00 bits per heavy atom. The fourth-order valence-electron chi connectivity index (χ4n) is 4.88. The Bertz CT molecular complexity index is 707. The van der Waals surface area contributed by atoms with E-state index < -0.39 is 0 Å². The molecule has 0 aliphatic heterocycles. The van der Waals surface area contributed by atoms with E-state index in [1.54, 1.807) is 28.4 Å². The molecule has 0 saturated carbocycles. The van der Waals surface area contributed by atoms with Gasteiger partial charge in [-0.15, -0.1) is 0 Å². The Kier molecular flexibility index (Phi) is 4.90. The molecule has 2 aromatic rings. The molecule has 27 heavy (non-hydrogen) atoms. The highest BCUT2D eigenvalue weighted by atomic mass is 16.5. The molecule has 144 valence electrons. The maximum atomic E-state index is 5.54. The monoisotopic (exact) mass is 368 g/mol. The Morgan fingerprint density at radius 1 is 0.519 bits per heavy atom. The van der Waals surface area contributed by atoms with E-state index in [2.05, 4.69) is 24.3 Å². The van der Waals surface area contributed by atoms with E-state index in [0.29, 0.717) is 11.8 Å². The Morgan fingerprint density at radius 2 is 0.778 bits per heavy atom. The zero-order valence-corrected chi connectivity index (χ0v) is 16.6. The number of methoxy groups -OCH3 is 4. The smallest absolute Gasteiger partial charge is 0.161 e. The maximum absolute atomic E-state index is 5.54. The van der Waals surface area contributed by atoms with E-state index >= 15 is 0 Å². The summed E-state index contributed by atoms with van der Waals surface area (Å²) in [6.07, 6.45) is 5.58. The van der Waals surface area contributed by atoms with Crippen LogP contribution in [0.1, 0.15) is 28.7 Å². The molecule has 2 aromatic carbocycles. The highest BCUT2D eigenvalue weighted by molar-refractivity contribution is 5.50. The van der Waals surface area contributed by atoms with Gasteiger partial charge in [-0.1, -0.05) is 0 Å². The van der Waals surface area contributed by atoms with Gasteiger partial charge in [0.25, 0.3) is 0 Å². The van der Waals surface area contributed by atoms with Crippen LogP contribution in [0.5, 0.6) is 23.0 Å². The van der Waals surface area contributed by atoms with Gasteiger partial charge in [-0.05, 0) is 90.5 Å². The van der Waals surface area contributed by atoms with Crippen LogP contribution in [0.4, 0.5) is 0 Å². The summed E-state index contributed by atoms with van der Waals surface area (Å²) >= 11 is 0. The number of hydrogen-bond donors (Lipinski definition) is 0. The van der Waals surface area contributed by atoms with Gasteiger partial charge in [0, 0.05) is 0 Å². The van der Waals surface area contributed by atoms with E-state index in [1.165, 1.54) is 28.7 Å². The van der Waals surface area contributed by atoms with E-state index in [9.17, 15) is 0 Å². The second-order valence-corrected chi connectivity index (χ2v) is 7.74. The number of fused-ring (bicyclic) bond motifs is 4. The number of rotatable bonds is 4. The number of hydrogen-bond acceptors (Lipinski definition) is 4. The molecule has 0 spiro atoms. The summed E-state index contributed by atoms with van der Waals surface area (Å²) in [6, 6.07) is 8.72. The first kappa shape index (κ1) is 18.0. The predicted octanol–water partition coefficient (Wildman–Crippen LogP) is 4.24. The summed E-state index contributed by atoms with van der Waals surface area (Å²) in [5.41, 5.74) is 5.63. The molecule has 0 fully saturated rings. The van der Waals surface area contributed by atoms with Crippen molar-refractivity contribution in [2.75, 3.05) is 28.4 Å². The van der Waals surface area contributed by atoms with Crippen LogP contribution in [0.25, 0.3) is 0 Å². The molecule has 0 N–H and O–H groups in total. The highest BCUT2D eigenvalue weighted by Crippen LogP contribution is 2.42. The van der Waals surface area contributed by atoms with Crippen molar-refractivity contribution in [1.82, 2.24) is 0 Å². The van der Waals surface area contributed by atoms with Crippen molar-refractivity contribution in [3.63, 3.8) is 0 Å². The second kappa shape index (κ2) is 7.34. The molecule has 2 bridgehead atoms. The molecule has 2 aliphatic carbocycles. The van der Waals surface area contributed by atoms with Crippen LogP contribution in [0.2, 0.25) is 0 Å². The summed E-state index contributed by atoms with van der Waals surface area (Å²) < 4.78 is 22.1.